The number of carbonyl (C=O) groups excluding carboxylic acids is 1. The first-order valence-corrected chi connectivity index (χ1v) is 8.26. The second kappa shape index (κ2) is 8.24. The molecule has 1 aliphatic rings. The lowest BCUT2D eigenvalue weighted by atomic mass is 9.85. The van der Waals surface area contributed by atoms with E-state index in [1.165, 1.54) is 12.1 Å². The van der Waals surface area contributed by atoms with E-state index < -0.39 is 11.5 Å². The lowest BCUT2D eigenvalue weighted by molar-refractivity contribution is -0.141. The quantitative estimate of drug-likeness (QED) is 0.802. The molecule has 1 fully saturated rings. The highest BCUT2D eigenvalue weighted by Gasteiger charge is 2.37. The largest absolute Gasteiger partial charge is 0.481 e. The first-order valence-electron chi connectivity index (χ1n) is 8.26. The van der Waals surface area contributed by atoms with Crippen LogP contribution in [-0.2, 0) is 20.7 Å². The third-order valence-corrected chi connectivity index (χ3v) is 4.53. The van der Waals surface area contributed by atoms with Gasteiger partial charge in [-0.05, 0) is 43.4 Å². The fraction of sp³-hybridized carbons (Fsp3) is 0.556. The highest BCUT2D eigenvalue weighted by Crippen LogP contribution is 2.25. The summed E-state index contributed by atoms with van der Waals surface area (Å²) < 4.78 is 18.5. The maximum atomic E-state index is 13.2. The van der Waals surface area contributed by atoms with E-state index in [1.54, 1.807) is 6.07 Å². The summed E-state index contributed by atoms with van der Waals surface area (Å²) in [4.78, 5) is 23.6. The second-order valence-corrected chi connectivity index (χ2v) is 6.52. The molecule has 1 unspecified atom stereocenters. The van der Waals surface area contributed by atoms with Gasteiger partial charge in [-0.15, -0.1) is 0 Å². The highest BCUT2D eigenvalue weighted by atomic mass is 19.1. The third-order valence-electron chi connectivity index (χ3n) is 4.53. The first-order chi connectivity index (χ1) is 11.4. The van der Waals surface area contributed by atoms with Crippen molar-refractivity contribution in [3.8, 4) is 0 Å². The molecule has 0 spiro atoms. The Labute approximate surface area is 141 Å². The fourth-order valence-electron chi connectivity index (χ4n) is 2.99. The number of hydrogen-bond donors (Lipinski definition) is 2. The lowest BCUT2D eigenvalue weighted by Gasteiger charge is -2.37. The number of rotatable bonds is 7. The van der Waals surface area contributed by atoms with Crippen molar-refractivity contribution < 1.29 is 23.8 Å². The van der Waals surface area contributed by atoms with Gasteiger partial charge < -0.3 is 15.2 Å². The van der Waals surface area contributed by atoms with Gasteiger partial charge in [0.25, 0.3) is 0 Å². The van der Waals surface area contributed by atoms with Crippen molar-refractivity contribution in [2.45, 2.75) is 44.6 Å². The average Bonchev–Trinajstić information content (AvgIpc) is 2.52. The topological polar surface area (TPSA) is 75.6 Å². The van der Waals surface area contributed by atoms with Crippen LogP contribution in [0.3, 0.4) is 0 Å². The molecule has 6 heteroatoms. The predicted molar refractivity (Wildman–Crippen MR) is 87.1 cm³/mol. The summed E-state index contributed by atoms with van der Waals surface area (Å²) in [7, 11) is 0. The molecule has 0 radical (unpaired) electrons. The van der Waals surface area contributed by atoms with Gasteiger partial charge in [-0.25, -0.2) is 4.39 Å². The smallest absolute Gasteiger partial charge is 0.305 e. The van der Waals surface area contributed by atoms with Gasteiger partial charge in [0.2, 0.25) is 5.91 Å². The molecule has 1 aromatic rings. The van der Waals surface area contributed by atoms with Gasteiger partial charge in [-0.2, -0.15) is 0 Å². The summed E-state index contributed by atoms with van der Waals surface area (Å²) in [5.41, 5.74) is 0.120. The van der Waals surface area contributed by atoms with Gasteiger partial charge in [0.15, 0.2) is 0 Å². The number of carbonyl (C=O) groups is 2. The molecular weight excluding hydrogens is 313 g/mol. The minimum Gasteiger partial charge on any atom is -0.481 e. The van der Waals surface area contributed by atoms with Crippen LogP contribution in [0, 0.1) is 11.7 Å². The monoisotopic (exact) mass is 337 g/mol. The number of aliphatic carboxylic acids is 1. The van der Waals surface area contributed by atoms with Gasteiger partial charge in [0, 0.05) is 19.1 Å². The Morgan fingerprint density at radius 3 is 2.71 bits per heavy atom. The average molecular weight is 337 g/mol. The molecule has 1 aromatic carbocycles. The van der Waals surface area contributed by atoms with Crippen molar-refractivity contribution in [1.29, 1.82) is 0 Å². The van der Waals surface area contributed by atoms with Gasteiger partial charge >= 0.3 is 5.97 Å². The van der Waals surface area contributed by atoms with Crippen LogP contribution in [0.2, 0.25) is 0 Å². The van der Waals surface area contributed by atoms with Crippen LogP contribution in [0.25, 0.3) is 0 Å². The van der Waals surface area contributed by atoms with Gasteiger partial charge in [-0.3, -0.25) is 9.59 Å². The molecule has 132 valence electrons. The van der Waals surface area contributed by atoms with E-state index in [0.717, 1.165) is 5.56 Å². The zero-order valence-corrected chi connectivity index (χ0v) is 13.9. The summed E-state index contributed by atoms with van der Waals surface area (Å²) in [6.07, 6.45) is 2.08. The van der Waals surface area contributed by atoms with Crippen molar-refractivity contribution in [2.24, 2.45) is 5.92 Å². The number of ether oxygens (including phenoxy) is 1. The van der Waals surface area contributed by atoms with Crippen LogP contribution in [0.15, 0.2) is 24.3 Å². The number of carboxylic acids is 1. The number of carboxylic acid groups (broad SMARTS) is 1. The molecule has 0 bridgehead atoms. The standard InChI is InChI=1S/C18H24FNO4/c1-13(5-6-14-3-2-4-15(19)11-14)17(23)20-18(12-16(21)22)7-9-24-10-8-18/h2-4,11,13H,5-10,12H2,1H3,(H,20,23)(H,21,22). The van der Waals surface area contributed by atoms with Gasteiger partial charge in [-0.1, -0.05) is 19.1 Å². The van der Waals surface area contributed by atoms with Crippen molar-refractivity contribution in [3.05, 3.63) is 35.6 Å². The number of aryl methyl sites for hydroxylation is 1. The van der Waals surface area contributed by atoms with E-state index in [-0.39, 0.29) is 24.1 Å². The molecule has 0 aromatic heterocycles. The third kappa shape index (κ3) is 5.30. The zero-order chi connectivity index (χ0) is 17.6. The number of halogens is 1. The number of amides is 1. The molecule has 1 amide bonds. The summed E-state index contributed by atoms with van der Waals surface area (Å²) in [5.74, 6) is -1.65. The molecule has 0 aliphatic carbocycles. The van der Waals surface area contributed by atoms with Crippen LogP contribution >= 0.6 is 0 Å². The minimum atomic E-state index is -0.926. The lowest BCUT2D eigenvalue weighted by Crippen LogP contribution is -2.54. The van der Waals surface area contributed by atoms with Crippen LogP contribution in [0.4, 0.5) is 4.39 Å². The van der Waals surface area contributed by atoms with E-state index in [2.05, 4.69) is 5.32 Å². The van der Waals surface area contributed by atoms with Crippen LogP contribution in [0.1, 0.15) is 38.2 Å². The molecule has 1 heterocycles. The Balaban J connectivity index is 1.92. The zero-order valence-electron chi connectivity index (χ0n) is 13.9. The van der Waals surface area contributed by atoms with E-state index in [0.29, 0.717) is 38.9 Å². The second-order valence-electron chi connectivity index (χ2n) is 6.52. The molecule has 2 rings (SSSR count). The highest BCUT2D eigenvalue weighted by molar-refractivity contribution is 5.80. The molecule has 1 aliphatic heterocycles. The number of nitrogens with one attached hydrogen (secondary N) is 1. The van der Waals surface area contributed by atoms with E-state index in [9.17, 15) is 14.0 Å². The van der Waals surface area contributed by atoms with Crippen molar-refractivity contribution in [1.82, 2.24) is 5.32 Å². The Hall–Kier alpha value is -1.95. The maximum Gasteiger partial charge on any atom is 0.305 e. The Morgan fingerprint density at radius 1 is 1.38 bits per heavy atom. The van der Waals surface area contributed by atoms with Crippen molar-refractivity contribution >= 4 is 11.9 Å². The van der Waals surface area contributed by atoms with Gasteiger partial charge in [0.05, 0.1) is 12.0 Å². The minimum absolute atomic E-state index is 0.0985. The van der Waals surface area contributed by atoms with E-state index in [1.807, 2.05) is 13.0 Å². The molecule has 24 heavy (non-hydrogen) atoms. The molecule has 0 saturated carbocycles. The van der Waals surface area contributed by atoms with E-state index >= 15 is 0 Å². The normalized spacial score (nSPS) is 17.9. The van der Waals surface area contributed by atoms with Crippen LogP contribution in [-0.4, -0.2) is 35.7 Å². The Bertz CT molecular complexity index is 584. The molecular formula is C18H24FNO4. The van der Waals surface area contributed by atoms with Crippen LogP contribution < -0.4 is 5.32 Å². The molecule has 1 atom stereocenters. The summed E-state index contributed by atoms with van der Waals surface area (Å²) >= 11 is 0. The Morgan fingerprint density at radius 2 is 2.08 bits per heavy atom. The number of benzene rings is 1. The van der Waals surface area contributed by atoms with Crippen molar-refractivity contribution in [3.63, 3.8) is 0 Å². The molecule has 5 nitrogen and oxygen atoms in total. The summed E-state index contributed by atoms with van der Waals surface area (Å²) in [6, 6.07) is 6.34. The SMILES string of the molecule is CC(CCc1cccc(F)c1)C(=O)NC1(CC(=O)O)CCOCC1. The predicted octanol–water partition coefficient (Wildman–Crippen LogP) is 2.53. The van der Waals surface area contributed by atoms with Gasteiger partial charge in [0.1, 0.15) is 5.82 Å². The molecule has 1 saturated heterocycles. The van der Waals surface area contributed by atoms with E-state index in [4.69, 9.17) is 9.84 Å². The summed E-state index contributed by atoms with van der Waals surface area (Å²) in [5, 5.41) is 12.1. The fourth-order valence-corrected chi connectivity index (χ4v) is 2.99. The van der Waals surface area contributed by atoms with Crippen molar-refractivity contribution in [2.75, 3.05) is 13.2 Å². The number of hydrogen-bond acceptors (Lipinski definition) is 3. The van der Waals surface area contributed by atoms with Crippen LogP contribution in [0.5, 0.6) is 0 Å². The maximum absolute atomic E-state index is 13.2. The summed E-state index contributed by atoms with van der Waals surface area (Å²) in [6.45, 7) is 2.71. The first kappa shape index (κ1) is 18.4. The Kier molecular flexibility index (Phi) is 6.31. The molecule has 2 N–H and O–H groups in total.